The Bertz CT molecular complexity index is 803. The van der Waals surface area contributed by atoms with Gasteiger partial charge in [-0.25, -0.2) is 0 Å². The summed E-state index contributed by atoms with van der Waals surface area (Å²) in [5.41, 5.74) is 3.17. The van der Waals surface area contributed by atoms with E-state index in [0.717, 1.165) is 63.1 Å². The van der Waals surface area contributed by atoms with Crippen molar-refractivity contribution in [2.75, 3.05) is 34.4 Å². The molecule has 0 saturated heterocycles. The van der Waals surface area contributed by atoms with Crippen molar-refractivity contribution in [2.45, 2.75) is 44.1 Å². The molecule has 0 radical (unpaired) electrons. The maximum atomic E-state index is 11.2. The molecule has 0 saturated carbocycles. The van der Waals surface area contributed by atoms with Gasteiger partial charge in [-0.15, -0.1) is 12.4 Å². The van der Waals surface area contributed by atoms with E-state index in [0.29, 0.717) is 0 Å². The first-order valence-electron chi connectivity index (χ1n) is 10.9. The Morgan fingerprint density at radius 3 is 2.13 bits per heavy atom. The molecule has 0 aliphatic heterocycles. The Labute approximate surface area is 193 Å². The summed E-state index contributed by atoms with van der Waals surface area (Å²) in [5, 5.41) is 11.2. The quantitative estimate of drug-likeness (QED) is 0.541. The van der Waals surface area contributed by atoms with Crippen molar-refractivity contribution < 1.29 is 14.6 Å². The van der Waals surface area contributed by atoms with Crippen molar-refractivity contribution in [3.05, 3.63) is 65.2 Å². The number of ether oxygens (including phenoxy) is 2. The van der Waals surface area contributed by atoms with Crippen LogP contribution in [0.3, 0.4) is 0 Å². The van der Waals surface area contributed by atoms with Crippen LogP contribution in [0.25, 0.3) is 6.08 Å². The molecule has 170 valence electrons. The largest absolute Gasteiger partial charge is 0.493 e. The fraction of sp³-hybridized carbons (Fsp3) is 0.462. The molecule has 0 atom stereocenters. The van der Waals surface area contributed by atoms with E-state index < -0.39 is 5.60 Å². The molecule has 0 unspecified atom stereocenters. The highest BCUT2D eigenvalue weighted by Gasteiger charge is 2.30. The molecule has 3 rings (SSSR count). The Kier molecular flexibility index (Phi) is 9.89. The molecule has 1 aliphatic rings. The molecular formula is C26H36ClNO3. The molecule has 0 spiro atoms. The normalized spacial score (nSPS) is 15.3. The maximum absolute atomic E-state index is 11.2. The van der Waals surface area contributed by atoms with Gasteiger partial charge in [0.15, 0.2) is 11.5 Å². The number of rotatable bonds is 9. The number of fused-ring (bicyclic) bond motifs is 1. The molecule has 0 heterocycles. The average molecular weight is 446 g/mol. The molecule has 5 heteroatoms. The highest BCUT2D eigenvalue weighted by atomic mass is 35.5. The van der Waals surface area contributed by atoms with Gasteiger partial charge in [-0.1, -0.05) is 42.5 Å². The van der Waals surface area contributed by atoms with Crippen LogP contribution in [0.15, 0.2) is 48.5 Å². The second-order valence-corrected chi connectivity index (χ2v) is 8.38. The second-order valence-electron chi connectivity index (χ2n) is 8.38. The number of halogens is 1. The first kappa shape index (κ1) is 25.3. The Balaban J connectivity index is 0.00000341. The zero-order valence-corrected chi connectivity index (χ0v) is 19.8. The van der Waals surface area contributed by atoms with Crippen molar-refractivity contribution in [1.29, 1.82) is 0 Å². The van der Waals surface area contributed by atoms with Crippen molar-refractivity contribution in [2.24, 2.45) is 0 Å². The number of hydrogen-bond acceptors (Lipinski definition) is 4. The van der Waals surface area contributed by atoms with Crippen LogP contribution >= 0.6 is 12.4 Å². The van der Waals surface area contributed by atoms with E-state index in [1.165, 1.54) is 16.7 Å². The molecule has 0 amide bonds. The summed E-state index contributed by atoms with van der Waals surface area (Å²) < 4.78 is 10.9. The van der Waals surface area contributed by atoms with Gasteiger partial charge in [0.25, 0.3) is 0 Å². The second kappa shape index (κ2) is 12.1. The van der Waals surface area contributed by atoms with Gasteiger partial charge < -0.3 is 19.5 Å². The lowest BCUT2D eigenvalue weighted by Crippen LogP contribution is -2.30. The third kappa shape index (κ3) is 7.27. The van der Waals surface area contributed by atoms with Crippen LogP contribution in [-0.4, -0.2) is 50.0 Å². The minimum Gasteiger partial charge on any atom is -0.493 e. The number of aliphatic hydroxyl groups is 1. The number of likely N-dealkylation sites (N-methyl/N-ethyl adjacent to an activating group) is 1. The number of hydrogen-bond donors (Lipinski definition) is 1. The summed E-state index contributed by atoms with van der Waals surface area (Å²) >= 11 is 0. The minimum absolute atomic E-state index is 0. The van der Waals surface area contributed by atoms with Crippen molar-refractivity contribution >= 4 is 18.5 Å². The first-order valence-corrected chi connectivity index (χ1v) is 10.9. The molecule has 0 aromatic heterocycles. The van der Waals surface area contributed by atoms with Crippen LogP contribution in [0.1, 0.15) is 42.4 Å². The number of methoxy groups -OCH3 is 2. The van der Waals surface area contributed by atoms with Crippen molar-refractivity contribution in [3.63, 3.8) is 0 Å². The predicted molar refractivity (Wildman–Crippen MR) is 131 cm³/mol. The fourth-order valence-corrected chi connectivity index (χ4v) is 4.24. The van der Waals surface area contributed by atoms with E-state index in [9.17, 15) is 5.11 Å². The van der Waals surface area contributed by atoms with Gasteiger partial charge in [-0.2, -0.15) is 0 Å². The SMILES string of the molecule is COc1cc2c(cc1OC)CCC(O)(CCCN(C)CC=Cc1ccccc1)CC2.Cl. The van der Waals surface area contributed by atoms with Gasteiger partial charge in [-0.05, 0) is 80.9 Å². The molecule has 0 fully saturated rings. The molecule has 2 aromatic rings. The lowest BCUT2D eigenvalue weighted by molar-refractivity contribution is 0.0137. The maximum Gasteiger partial charge on any atom is 0.161 e. The summed E-state index contributed by atoms with van der Waals surface area (Å²) in [6, 6.07) is 14.5. The third-order valence-corrected chi connectivity index (χ3v) is 6.13. The highest BCUT2D eigenvalue weighted by molar-refractivity contribution is 5.85. The topological polar surface area (TPSA) is 41.9 Å². The molecule has 0 bridgehead atoms. The Hall–Kier alpha value is -2.01. The Morgan fingerprint density at radius 1 is 1.00 bits per heavy atom. The molecule has 4 nitrogen and oxygen atoms in total. The third-order valence-electron chi connectivity index (χ3n) is 6.13. The van der Waals surface area contributed by atoms with Crippen LogP contribution in [0, 0.1) is 0 Å². The zero-order chi connectivity index (χ0) is 21.4. The zero-order valence-electron chi connectivity index (χ0n) is 19.0. The monoisotopic (exact) mass is 445 g/mol. The van der Waals surface area contributed by atoms with Crippen LogP contribution in [0.5, 0.6) is 11.5 Å². The van der Waals surface area contributed by atoms with Gasteiger partial charge in [-0.3, -0.25) is 0 Å². The number of nitrogens with zero attached hydrogens (tertiary/aromatic N) is 1. The Morgan fingerprint density at radius 2 is 1.58 bits per heavy atom. The summed E-state index contributed by atoms with van der Waals surface area (Å²) in [6.07, 6.45) is 9.54. The lowest BCUT2D eigenvalue weighted by atomic mass is 9.89. The standard InChI is InChI=1S/C26H35NO3.ClH/c1-27(17-7-11-21-9-5-4-6-10-21)18-8-14-26(28)15-12-22-19-24(29-2)25(30-3)20-23(22)13-16-26;/h4-7,9-11,19-20,28H,8,12-18H2,1-3H3;1H. The van der Waals surface area contributed by atoms with E-state index in [1.54, 1.807) is 14.2 Å². The van der Waals surface area contributed by atoms with Gasteiger partial charge in [0.1, 0.15) is 0 Å². The minimum atomic E-state index is -0.597. The number of benzene rings is 2. The van der Waals surface area contributed by atoms with Crippen LogP contribution in [-0.2, 0) is 12.8 Å². The molecule has 1 aliphatic carbocycles. The lowest BCUT2D eigenvalue weighted by Gasteiger charge is -2.27. The van der Waals surface area contributed by atoms with E-state index >= 15 is 0 Å². The van der Waals surface area contributed by atoms with E-state index in [4.69, 9.17) is 9.47 Å². The summed E-state index contributed by atoms with van der Waals surface area (Å²) in [4.78, 5) is 2.31. The highest BCUT2D eigenvalue weighted by Crippen LogP contribution is 2.37. The van der Waals surface area contributed by atoms with E-state index in [2.05, 4.69) is 60.5 Å². The van der Waals surface area contributed by atoms with Crippen molar-refractivity contribution in [3.8, 4) is 11.5 Å². The van der Waals surface area contributed by atoms with Crippen LogP contribution in [0.2, 0.25) is 0 Å². The summed E-state index contributed by atoms with van der Waals surface area (Å²) in [6.45, 7) is 1.90. The first-order chi connectivity index (χ1) is 14.5. The van der Waals surface area contributed by atoms with Crippen LogP contribution in [0.4, 0.5) is 0 Å². The van der Waals surface area contributed by atoms with Gasteiger partial charge in [0.2, 0.25) is 0 Å². The smallest absolute Gasteiger partial charge is 0.161 e. The van der Waals surface area contributed by atoms with E-state index in [1.807, 2.05) is 6.07 Å². The van der Waals surface area contributed by atoms with E-state index in [-0.39, 0.29) is 12.4 Å². The summed E-state index contributed by atoms with van der Waals surface area (Å²) in [5.74, 6) is 1.54. The predicted octanol–water partition coefficient (Wildman–Crippen LogP) is 5.16. The van der Waals surface area contributed by atoms with Gasteiger partial charge >= 0.3 is 0 Å². The molecule has 1 N–H and O–H groups in total. The van der Waals surface area contributed by atoms with Crippen LogP contribution < -0.4 is 9.47 Å². The van der Waals surface area contributed by atoms with Crippen molar-refractivity contribution in [1.82, 2.24) is 4.90 Å². The molecule has 31 heavy (non-hydrogen) atoms. The molecule has 2 aromatic carbocycles. The molecular weight excluding hydrogens is 410 g/mol. The van der Waals surface area contributed by atoms with Gasteiger partial charge in [0, 0.05) is 6.54 Å². The fourth-order valence-electron chi connectivity index (χ4n) is 4.24. The van der Waals surface area contributed by atoms with Gasteiger partial charge in [0.05, 0.1) is 19.8 Å². The summed E-state index contributed by atoms with van der Waals surface area (Å²) in [7, 11) is 5.48. The number of aryl methyl sites for hydroxylation is 2. The average Bonchev–Trinajstić information content (AvgIpc) is 2.92.